The average molecular weight is 346 g/mol. The van der Waals surface area contributed by atoms with E-state index in [0.717, 1.165) is 24.3 Å². The highest BCUT2D eigenvalue weighted by atomic mass is 35.5. The van der Waals surface area contributed by atoms with Gasteiger partial charge in [0.1, 0.15) is 11.5 Å². The predicted octanol–water partition coefficient (Wildman–Crippen LogP) is 4.68. The van der Waals surface area contributed by atoms with Gasteiger partial charge < -0.3 is 14.8 Å². The van der Waals surface area contributed by atoms with Crippen LogP contribution in [0.25, 0.3) is 0 Å². The van der Waals surface area contributed by atoms with Crippen LogP contribution in [-0.4, -0.2) is 18.6 Å². The van der Waals surface area contributed by atoms with Crippen LogP contribution >= 0.6 is 11.6 Å². The van der Waals surface area contributed by atoms with Crippen LogP contribution in [0.15, 0.2) is 48.5 Å². The zero-order valence-electron chi connectivity index (χ0n) is 13.3. The Kier molecular flexibility index (Phi) is 5.59. The SMILES string of the molecule is O=C(COc1ccc(Cl)cc1)Nc1ccc(OC2CCCC2)cc1. The Hall–Kier alpha value is -2.20. The molecule has 0 atom stereocenters. The molecule has 4 nitrogen and oxygen atoms in total. The zero-order valence-corrected chi connectivity index (χ0v) is 14.1. The first-order valence-electron chi connectivity index (χ1n) is 8.14. The van der Waals surface area contributed by atoms with Gasteiger partial charge in [-0.05, 0) is 74.2 Å². The van der Waals surface area contributed by atoms with Crippen LogP contribution in [0.1, 0.15) is 25.7 Å². The van der Waals surface area contributed by atoms with Crippen molar-refractivity contribution in [2.24, 2.45) is 0 Å². The van der Waals surface area contributed by atoms with E-state index in [9.17, 15) is 4.79 Å². The number of benzene rings is 2. The third-order valence-corrected chi connectivity index (χ3v) is 4.18. The van der Waals surface area contributed by atoms with Gasteiger partial charge in [-0.2, -0.15) is 0 Å². The summed E-state index contributed by atoms with van der Waals surface area (Å²) in [7, 11) is 0. The molecule has 24 heavy (non-hydrogen) atoms. The standard InChI is InChI=1S/C19H20ClNO3/c20-14-5-9-16(10-6-14)23-13-19(22)21-15-7-11-18(12-8-15)24-17-3-1-2-4-17/h5-12,17H,1-4,13H2,(H,21,22). The Morgan fingerprint density at radius 1 is 1.00 bits per heavy atom. The Bertz CT molecular complexity index is 664. The highest BCUT2D eigenvalue weighted by molar-refractivity contribution is 6.30. The summed E-state index contributed by atoms with van der Waals surface area (Å²) in [6.45, 7) is -0.0536. The first-order valence-corrected chi connectivity index (χ1v) is 8.52. The summed E-state index contributed by atoms with van der Waals surface area (Å²) in [5, 5.41) is 3.43. The number of nitrogens with one attached hydrogen (secondary N) is 1. The lowest BCUT2D eigenvalue weighted by Crippen LogP contribution is -2.20. The van der Waals surface area contributed by atoms with Crippen LogP contribution in [0, 0.1) is 0 Å². The second-order valence-corrected chi connectivity index (χ2v) is 6.28. The molecule has 126 valence electrons. The average Bonchev–Trinajstić information content (AvgIpc) is 3.09. The molecule has 2 aromatic carbocycles. The van der Waals surface area contributed by atoms with E-state index in [0.29, 0.717) is 16.9 Å². The molecule has 1 aliphatic carbocycles. The number of carbonyl (C=O) groups is 1. The molecule has 0 aromatic heterocycles. The van der Waals surface area contributed by atoms with Crippen LogP contribution in [-0.2, 0) is 4.79 Å². The smallest absolute Gasteiger partial charge is 0.262 e. The minimum Gasteiger partial charge on any atom is -0.490 e. The summed E-state index contributed by atoms with van der Waals surface area (Å²) >= 11 is 5.80. The van der Waals surface area contributed by atoms with Gasteiger partial charge >= 0.3 is 0 Å². The van der Waals surface area contributed by atoms with E-state index in [1.165, 1.54) is 12.8 Å². The Labute approximate surface area is 146 Å². The van der Waals surface area contributed by atoms with Gasteiger partial charge in [-0.25, -0.2) is 0 Å². The Morgan fingerprint density at radius 2 is 1.62 bits per heavy atom. The molecule has 0 spiro atoms. The molecule has 0 aliphatic heterocycles. The summed E-state index contributed by atoms with van der Waals surface area (Å²) in [5.41, 5.74) is 0.721. The fraction of sp³-hybridized carbons (Fsp3) is 0.316. The molecule has 0 saturated heterocycles. The largest absolute Gasteiger partial charge is 0.490 e. The highest BCUT2D eigenvalue weighted by Crippen LogP contribution is 2.25. The number of halogens is 1. The molecule has 1 saturated carbocycles. The number of anilines is 1. The van der Waals surface area contributed by atoms with Crippen LogP contribution in [0.3, 0.4) is 0 Å². The van der Waals surface area contributed by atoms with E-state index in [-0.39, 0.29) is 12.5 Å². The van der Waals surface area contributed by atoms with Crippen molar-refractivity contribution in [1.82, 2.24) is 0 Å². The topological polar surface area (TPSA) is 47.6 Å². The number of amides is 1. The maximum absolute atomic E-state index is 11.9. The first-order chi connectivity index (χ1) is 11.7. The molecule has 3 rings (SSSR count). The van der Waals surface area contributed by atoms with Gasteiger partial charge in [0.05, 0.1) is 6.10 Å². The van der Waals surface area contributed by atoms with Crippen molar-refractivity contribution in [3.05, 3.63) is 53.6 Å². The van der Waals surface area contributed by atoms with Gasteiger partial charge in [0.15, 0.2) is 6.61 Å². The molecule has 5 heteroatoms. The summed E-state index contributed by atoms with van der Waals surface area (Å²) in [4.78, 5) is 11.9. The quantitative estimate of drug-likeness (QED) is 0.827. The summed E-state index contributed by atoms with van der Waals surface area (Å²) in [6, 6.07) is 14.3. The molecule has 1 amide bonds. The fourth-order valence-corrected chi connectivity index (χ4v) is 2.82. The van der Waals surface area contributed by atoms with Crippen molar-refractivity contribution >= 4 is 23.2 Å². The summed E-state index contributed by atoms with van der Waals surface area (Å²) in [5.74, 6) is 1.24. The third kappa shape index (κ3) is 4.90. The number of hydrogen-bond acceptors (Lipinski definition) is 3. The Balaban J connectivity index is 1.46. The van der Waals surface area contributed by atoms with Gasteiger partial charge in [-0.1, -0.05) is 11.6 Å². The lowest BCUT2D eigenvalue weighted by molar-refractivity contribution is -0.118. The van der Waals surface area contributed by atoms with E-state index in [1.54, 1.807) is 24.3 Å². The zero-order chi connectivity index (χ0) is 16.8. The van der Waals surface area contributed by atoms with Crippen molar-refractivity contribution in [1.29, 1.82) is 0 Å². The molecular weight excluding hydrogens is 326 g/mol. The minimum atomic E-state index is -0.214. The number of hydrogen-bond donors (Lipinski definition) is 1. The van der Waals surface area contributed by atoms with Gasteiger partial charge in [0.25, 0.3) is 5.91 Å². The molecular formula is C19H20ClNO3. The van der Waals surface area contributed by atoms with Crippen LogP contribution < -0.4 is 14.8 Å². The maximum Gasteiger partial charge on any atom is 0.262 e. The predicted molar refractivity (Wildman–Crippen MR) is 94.9 cm³/mol. The lowest BCUT2D eigenvalue weighted by atomic mass is 10.2. The van der Waals surface area contributed by atoms with Crippen LogP contribution in [0.5, 0.6) is 11.5 Å². The molecule has 0 radical (unpaired) electrons. The second-order valence-electron chi connectivity index (χ2n) is 5.84. The van der Waals surface area contributed by atoms with Crippen molar-refractivity contribution in [3.8, 4) is 11.5 Å². The van der Waals surface area contributed by atoms with Crippen LogP contribution in [0.4, 0.5) is 5.69 Å². The molecule has 1 fully saturated rings. The minimum absolute atomic E-state index is 0.0536. The molecule has 1 N–H and O–H groups in total. The molecule has 0 unspecified atom stereocenters. The molecule has 0 heterocycles. The maximum atomic E-state index is 11.9. The second kappa shape index (κ2) is 8.06. The van der Waals surface area contributed by atoms with E-state index < -0.39 is 0 Å². The third-order valence-electron chi connectivity index (χ3n) is 3.93. The van der Waals surface area contributed by atoms with Gasteiger partial charge in [0, 0.05) is 10.7 Å². The molecule has 2 aromatic rings. The van der Waals surface area contributed by atoms with E-state index >= 15 is 0 Å². The van der Waals surface area contributed by atoms with Crippen molar-refractivity contribution < 1.29 is 14.3 Å². The van der Waals surface area contributed by atoms with Crippen molar-refractivity contribution in [3.63, 3.8) is 0 Å². The summed E-state index contributed by atoms with van der Waals surface area (Å²) < 4.78 is 11.3. The van der Waals surface area contributed by atoms with Gasteiger partial charge in [-0.15, -0.1) is 0 Å². The van der Waals surface area contributed by atoms with Crippen molar-refractivity contribution in [2.75, 3.05) is 11.9 Å². The van der Waals surface area contributed by atoms with E-state index in [2.05, 4.69) is 5.32 Å². The first kappa shape index (κ1) is 16.7. The molecule has 1 aliphatic rings. The highest BCUT2D eigenvalue weighted by Gasteiger charge is 2.16. The summed E-state index contributed by atoms with van der Waals surface area (Å²) in [6.07, 6.45) is 5.07. The van der Waals surface area contributed by atoms with Crippen molar-refractivity contribution in [2.45, 2.75) is 31.8 Å². The molecule has 0 bridgehead atoms. The van der Waals surface area contributed by atoms with E-state index in [4.69, 9.17) is 21.1 Å². The van der Waals surface area contributed by atoms with Gasteiger partial charge in [-0.3, -0.25) is 4.79 Å². The Morgan fingerprint density at radius 3 is 2.29 bits per heavy atom. The fourth-order valence-electron chi connectivity index (χ4n) is 2.69. The number of ether oxygens (including phenoxy) is 2. The lowest BCUT2D eigenvalue weighted by Gasteiger charge is -2.13. The number of carbonyl (C=O) groups excluding carboxylic acids is 1. The van der Waals surface area contributed by atoms with Crippen LogP contribution in [0.2, 0.25) is 5.02 Å². The van der Waals surface area contributed by atoms with E-state index in [1.807, 2.05) is 24.3 Å². The normalized spacial score (nSPS) is 14.4. The number of rotatable bonds is 6. The van der Waals surface area contributed by atoms with Gasteiger partial charge in [0.2, 0.25) is 0 Å². The monoisotopic (exact) mass is 345 g/mol.